The molecule has 4 nitrogen and oxygen atoms in total. The lowest BCUT2D eigenvalue weighted by Gasteiger charge is -2.27. The standard InChI is InChI=1S/C13H23NO3/c1-14(8-12-4-2-3-6-17-12)9-13(15)11-5-7-16-10-11/h11-12H,2-10H2,1H3. The molecule has 0 aromatic rings. The first kappa shape index (κ1) is 13.0. The summed E-state index contributed by atoms with van der Waals surface area (Å²) in [7, 11) is 2.01. The molecule has 2 atom stereocenters. The van der Waals surface area contributed by atoms with E-state index in [1.807, 2.05) is 7.05 Å². The molecule has 0 N–H and O–H groups in total. The first-order valence-corrected chi connectivity index (χ1v) is 6.66. The lowest BCUT2D eigenvalue weighted by molar-refractivity contribution is -0.124. The summed E-state index contributed by atoms with van der Waals surface area (Å²) in [6, 6.07) is 0. The first-order chi connectivity index (χ1) is 8.25. The van der Waals surface area contributed by atoms with Crippen molar-refractivity contribution in [3.05, 3.63) is 0 Å². The van der Waals surface area contributed by atoms with Crippen LogP contribution >= 0.6 is 0 Å². The monoisotopic (exact) mass is 241 g/mol. The van der Waals surface area contributed by atoms with Crippen LogP contribution in [0.4, 0.5) is 0 Å². The topological polar surface area (TPSA) is 38.8 Å². The van der Waals surface area contributed by atoms with Crippen LogP contribution in [0.2, 0.25) is 0 Å². The van der Waals surface area contributed by atoms with Crippen molar-refractivity contribution in [2.75, 3.05) is 40.0 Å². The van der Waals surface area contributed by atoms with Crippen molar-refractivity contribution in [1.82, 2.24) is 4.90 Å². The van der Waals surface area contributed by atoms with E-state index in [9.17, 15) is 4.79 Å². The number of ether oxygens (including phenoxy) is 2. The number of carbonyl (C=O) groups excluding carboxylic acids is 1. The summed E-state index contributed by atoms with van der Waals surface area (Å²) < 4.78 is 10.9. The molecular formula is C13H23NO3. The van der Waals surface area contributed by atoms with Crippen molar-refractivity contribution < 1.29 is 14.3 Å². The summed E-state index contributed by atoms with van der Waals surface area (Å²) in [5, 5.41) is 0. The molecule has 0 amide bonds. The third-order valence-electron chi connectivity index (χ3n) is 3.60. The summed E-state index contributed by atoms with van der Waals surface area (Å²) in [6.07, 6.45) is 4.78. The lowest BCUT2D eigenvalue weighted by atomic mass is 10.0. The molecule has 98 valence electrons. The maximum atomic E-state index is 11.9. The Labute approximate surface area is 103 Å². The van der Waals surface area contributed by atoms with Crippen LogP contribution in [-0.4, -0.2) is 56.7 Å². The molecule has 2 rings (SSSR count). The van der Waals surface area contributed by atoms with Gasteiger partial charge in [-0.25, -0.2) is 0 Å². The van der Waals surface area contributed by atoms with Crippen molar-refractivity contribution in [2.45, 2.75) is 31.8 Å². The van der Waals surface area contributed by atoms with Crippen LogP contribution in [0, 0.1) is 5.92 Å². The quantitative estimate of drug-likeness (QED) is 0.722. The van der Waals surface area contributed by atoms with Gasteiger partial charge in [-0.3, -0.25) is 9.69 Å². The number of carbonyl (C=O) groups is 1. The van der Waals surface area contributed by atoms with Gasteiger partial charge >= 0.3 is 0 Å². The maximum absolute atomic E-state index is 11.9. The summed E-state index contributed by atoms with van der Waals surface area (Å²) in [5.74, 6) is 0.450. The predicted molar refractivity (Wildman–Crippen MR) is 65.0 cm³/mol. The molecule has 2 saturated heterocycles. The molecule has 2 aliphatic heterocycles. The molecule has 0 bridgehead atoms. The van der Waals surface area contributed by atoms with Gasteiger partial charge in [0.15, 0.2) is 5.78 Å². The van der Waals surface area contributed by atoms with E-state index >= 15 is 0 Å². The zero-order valence-corrected chi connectivity index (χ0v) is 10.7. The van der Waals surface area contributed by atoms with Crippen LogP contribution in [0.1, 0.15) is 25.7 Å². The van der Waals surface area contributed by atoms with Crippen molar-refractivity contribution >= 4 is 5.78 Å². The van der Waals surface area contributed by atoms with Gasteiger partial charge < -0.3 is 9.47 Å². The fourth-order valence-electron chi connectivity index (χ4n) is 2.55. The molecule has 0 spiro atoms. The lowest BCUT2D eigenvalue weighted by Crippen LogP contribution is -2.38. The molecule has 0 radical (unpaired) electrons. The number of hydrogen-bond acceptors (Lipinski definition) is 4. The van der Waals surface area contributed by atoms with Gasteiger partial charge in [-0.05, 0) is 32.7 Å². The zero-order chi connectivity index (χ0) is 12.1. The van der Waals surface area contributed by atoms with Gasteiger partial charge in [0.05, 0.1) is 19.3 Å². The van der Waals surface area contributed by atoms with E-state index in [2.05, 4.69) is 4.90 Å². The van der Waals surface area contributed by atoms with Crippen LogP contribution in [0.3, 0.4) is 0 Å². The second kappa shape index (κ2) is 6.47. The van der Waals surface area contributed by atoms with Crippen LogP contribution in [0.5, 0.6) is 0 Å². The number of ketones is 1. The number of hydrogen-bond donors (Lipinski definition) is 0. The molecular weight excluding hydrogens is 218 g/mol. The minimum Gasteiger partial charge on any atom is -0.381 e. The Balaban J connectivity index is 1.68. The summed E-state index contributed by atoms with van der Waals surface area (Å²) >= 11 is 0. The molecule has 17 heavy (non-hydrogen) atoms. The second-order valence-corrected chi connectivity index (χ2v) is 5.21. The van der Waals surface area contributed by atoms with Crippen LogP contribution in [-0.2, 0) is 14.3 Å². The second-order valence-electron chi connectivity index (χ2n) is 5.21. The highest BCUT2D eigenvalue weighted by molar-refractivity contribution is 5.83. The molecule has 4 heteroatoms. The molecule has 0 saturated carbocycles. The third-order valence-corrected chi connectivity index (χ3v) is 3.60. The summed E-state index contributed by atoms with van der Waals surface area (Å²) in [6.45, 7) is 3.65. The number of Topliss-reactive ketones (excluding diaryl/α,β-unsaturated/α-hetero) is 1. The Morgan fingerprint density at radius 3 is 2.82 bits per heavy atom. The van der Waals surface area contributed by atoms with Gasteiger partial charge in [-0.2, -0.15) is 0 Å². The van der Waals surface area contributed by atoms with E-state index in [-0.39, 0.29) is 5.92 Å². The van der Waals surface area contributed by atoms with Crippen molar-refractivity contribution in [2.24, 2.45) is 5.92 Å². The Hall–Kier alpha value is -0.450. The van der Waals surface area contributed by atoms with E-state index in [0.717, 1.165) is 32.6 Å². The van der Waals surface area contributed by atoms with Crippen molar-refractivity contribution in [3.63, 3.8) is 0 Å². The van der Waals surface area contributed by atoms with Crippen molar-refractivity contribution in [1.29, 1.82) is 0 Å². The van der Waals surface area contributed by atoms with E-state index in [1.54, 1.807) is 0 Å². The predicted octanol–water partition coefficient (Wildman–Crippen LogP) is 1.09. The average molecular weight is 241 g/mol. The van der Waals surface area contributed by atoms with Crippen LogP contribution in [0.15, 0.2) is 0 Å². The zero-order valence-electron chi connectivity index (χ0n) is 10.7. The van der Waals surface area contributed by atoms with E-state index in [0.29, 0.717) is 25.0 Å². The number of likely N-dealkylation sites (N-methyl/N-ethyl adjacent to an activating group) is 1. The molecule has 2 aliphatic rings. The Morgan fingerprint density at radius 2 is 2.18 bits per heavy atom. The van der Waals surface area contributed by atoms with E-state index < -0.39 is 0 Å². The van der Waals surface area contributed by atoms with Gasteiger partial charge in [0.2, 0.25) is 0 Å². The minimum atomic E-state index is 0.129. The average Bonchev–Trinajstić information content (AvgIpc) is 2.83. The first-order valence-electron chi connectivity index (χ1n) is 6.66. The fourth-order valence-corrected chi connectivity index (χ4v) is 2.55. The summed E-state index contributed by atoms with van der Waals surface area (Å²) in [4.78, 5) is 14.0. The molecule has 0 aliphatic carbocycles. The Morgan fingerprint density at radius 1 is 1.29 bits per heavy atom. The van der Waals surface area contributed by atoms with Gasteiger partial charge in [0.1, 0.15) is 0 Å². The molecule has 0 aromatic heterocycles. The highest BCUT2D eigenvalue weighted by atomic mass is 16.5. The molecule has 2 fully saturated rings. The van der Waals surface area contributed by atoms with Gasteiger partial charge in [0, 0.05) is 25.7 Å². The van der Waals surface area contributed by atoms with Crippen LogP contribution < -0.4 is 0 Å². The Bertz CT molecular complexity index is 245. The van der Waals surface area contributed by atoms with Gasteiger partial charge in [-0.1, -0.05) is 0 Å². The van der Waals surface area contributed by atoms with Gasteiger partial charge in [-0.15, -0.1) is 0 Å². The SMILES string of the molecule is CN(CC(=O)C1CCOC1)CC1CCCCO1. The molecule has 0 aromatic carbocycles. The van der Waals surface area contributed by atoms with Crippen molar-refractivity contribution in [3.8, 4) is 0 Å². The van der Waals surface area contributed by atoms with E-state index in [1.165, 1.54) is 12.8 Å². The smallest absolute Gasteiger partial charge is 0.152 e. The molecule has 2 unspecified atom stereocenters. The Kier molecular flexibility index (Phi) is 4.95. The number of nitrogens with zero attached hydrogens (tertiary/aromatic N) is 1. The normalized spacial score (nSPS) is 29.8. The highest BCUT2D eigenvalue weighted by Crippen LogP contribution is 2.16. The molecule has 2 heterocycles. The summed E-state index contributed by atoms with van der Waals surface area (Å²) in [5.41, 5.74) is 0. The number of rotatable bonds is 5. The largest absolute Gasteiger partial charge is 0.381 e. The highest BCUT2D eigenvalue weighted by Gasteiger charge is 2.25. The third kappa shape index (κ3) is 4.05. The van der Waals surface area contributed by atoms with Gasteiger partial charge in [0.25, 0.3) is 0 Å². The maximum Gasteiger partial charge on any atom is 0.152 e. The fraction of sp³-hybridized carbons (Fsp3) is 0.923. The van der Waals surface area contributed by atoms with Crippen LogP contribution in [0.25, 0.3) is 0 Å². The van der Waals surface area contributed by atoms with E-state index in [4.69, 9.17) is 9.47 Å². The minimum absolute atomic E-state index is 0.129.